The van der Waals surface area contributed by atoms with Gasteiger partial charge in [-0.25, -0.2) is 9.59 Å². The van der Waals surface area contributed by atoms with Crippen LogP contribution in [0.5, 0.6) is 5.75 Å². The number of halogens is 1. The summed E-state index contributed by atoms with van der Waals surface area (Å²) in [6.07, 6.45) is 3.59. The average Bonchev–Trinajstić information content (AvgIpc) is 2.64. The molecule has 1 aliphatic rings. The van der Waals surface area contributed by atoms with E-state index >= 15 is 0 Å². The first-order valence-corrected chi connectivity index (χ1v) is 8.56. The van der Waals surface area contributed by atoms with Gasteiger partial charge in [0.25, 0.3) is 0 Å². The monoisotopic (exact) mass is 354 g/mol. The number of carbonyl (C=O) groups excluding carboxylic acids is 1. The number of hydrogen-bond acceptors (Lipinski definition) is 4. The molecule has 0 atom stereocenters. The van der Waals surface area contributed by atoms with Crippen molar-refractivity contribution in [2.75, 3.05) is 0 Å². The fourth-order valence-electron chi connectivity index (χ4n) is 3.26. The molecule has 4 rings (SSSR count). The molecule has 0 fully saturated rings. The van der Waals surface area contributed by atoms with Gasteiger partial charge in [-0.3, -0.25) is 0 Å². The Morgan fingerprint density at radius 3 is 2.52 bits per heavy atom. The van der Waals surface area contributed by atoms with Crippen LogP contribution in [-0.4, -0.2) is 5.97 Å². The third-order valence-electron chi connectivity index (χ3n) is 4.49. The minimum atomic E-state index is -0.512. The molecule has 126 valence electrons. The van der Waals surface area contributed by atoms with E-state index < -0.39 is 5.97 Å². The largest absolute Gasteiger partial charge is 0.422 e. The number of fused-ring (bicyclic) bond motifs is 3. The van der Waals surface area contributed by atoms with E-state index in [4.69, 9.17) is 20.8 Å². The van der Waals surface area contributed by atoms with Gasteiger partial charge in [-0.2, -0.15) is 0 Å². The zero-order valence-corrected chi connectivity index (χ0v) is 14.1. The van der Waals surface area contributed by atoms with Gasteiger partial charge in [0, 0.05) is 17.0 Å². The highest BCUT2D eigenvalue weighted by Gasteiger charge is 2.20. The molecule has 3 aromatic rings. The fourth-order valence-corrected chi connectivity index (χ4v) is 3.46. The molecule has 0 spiro atoms. The number of carbonyl (C=O) groups is 1. The van der Waals surface area contributed by atoms with Crippen molar-refractivity contribution in [3.8, 4) is 5.75 Å². The smallest absolute Gasteiger partial charge is 0.343 e. The molecule has 0 aliphatic heterocycles. The van der Waals surface area contributed by atoms with E-state index in [1.54, 1.807) is 30.3 Å². The van der Waals surface area contributed by atoms with Crippen LogP contribution in [0.3, 0.4) is 0 Å². The first-order chi connectivity index (χ1) is 12.1. The van der Waals surface area contributed by atoms with Crippen molar-refractivity contribution in [2.24, 2.45) is 0 Å². The highest BCUT2D eigenvalue weighted by atomic mass is 35.5. The molecule has 2 aromatic carbocycles. The topological polar surface area (TPSA) is 56.5 Å². The molecule has 4 nitrogen and oxygen atoms in total. The summed E-state index contributed by atoms with van der Waals surface area (Å²) in [6.45, 7) is 0. The lowest BCUT2D eigenvalue weighted by Gasteiger charge is -2.16. The van der Waals surface area contributed by atoms with E-state index in [9.17, 15) is 9.59 Å². The molecule has 0 bridgehead atoms. The number of esters is 1. The summed E-state index contributed by atoms with van der Waals surface area (Å²) in [5.41, 5.74) is 2.24. The maximum Gasteiger partial charge on any atom is 0.343 e. The van der Waals surface area contributed by atoms with Crippen LogP contribution >= 0.6 is 11.6 Å². The van der Waals surface area contributed by atoms with Crippen molar-refractivity contribution in [3.63, 3.8) is 0 Å². The number of aryl methyl sites for hydroxylation is 1. The Bertz CT molecular complexity index is 1020. The van der Waals surface area contributed by atoms with Crippen LogP contribution < -0.4 is 10.4 Å². The fraction of sp³-hybridized carbons (Fsp3) is 0.200. The third-order valence-corrected chi connectivity index (χ3v) is 4.78. The van der Waals surface area contributed by atoms with Gasteiger partial charge in [-0.15, -0.1) is 0 Å². The van der Waals surface area contributed by atoms with Crippen molar-refractivity contribution >= 4 is 28.5 Å². The molecule has 1 aliphatic carbocycles. The lowest BCUT2D eigenvalue weighted by atomic mass is 9.91. The molecule has 1 aromatic heterocycles. The van der Waals surface area contributed by atoms with E-state index in [1.807, 2.05) is 6.07 Å². The number of rotatable bonds is 2. The Balaban J connectivity index is 1.77. The summed E-state index contributed by atoms with van der Waals surface area (Å²) in [6, 6.07) is 11.9. The summed E-state index contributed by atoms with van der Waals surface area (Å²) < 4.78 is 10.8. The summed E-state index contributed by atoms with van der Waals surface area (Å²) in [5, 5.41) is 1.14. The number of ether oxygens (including phenoxy) is 1. The van der Waals surface area contributed by atoms with E-state index in [2.05, 4.69) is 0 Å². The standard InChI is InChI=1S/C20H15ClO4/c21-16-10-15-13-8-4-5-9-14(13)20(23)24-17(15)11-18(16)25-19(22)12-6-2-1-3-7-12/h1-3,6-7,10-11H,4-5,8-9H2. The Hall–Kier alpha value is -2.59. The van der Waals surface area contributed by atoms with Crippen LogP contribution in [0.2, 0.25) is 5.02 Å². The second kappa shape index (κ2) is 6.37. The molecule has 0 amide bonds. The molecule has 25 heavy (non-hydrogen) atoms. The minimum absolute atomic E-state index is 0.182. The Kier molecular flexibility index (Phi) is 4.06. The van der Waals surface area contributed by atoms with E-state index in [0.29, 0.717) is 16.2 Å². The van der Waals surface area contributed by atoms with Gasteiger partial charge in [-0.1, -0.05) is 29.8 Å². The molecule has 1 heterocycles. The summed E-state index contributed by atoms with van der Waals surface area (Å²) in [5.74, 6) is -0.330. The van der Waals surface area contributed by atoms with Gasteiger partial charge in [-0.05, 0) is 49.4 Å². The molecular weight excluding hydrogens is 340 g/mol. The van der Waals surface area contributed by atoms with Crippen LogP contribution in [0, 0.1) is 0 Å². The zero-order chi connectivity index (χ0) is 17.4. The second-order valence-electron chi connectivity index (χ2n) is 6.09. The second-order valence-corrected chi connectivity index (χ2v) is 6.50. The van der Waals surface area contributed by atoms with E-state index in [-0.39, 0.29) is 11.4 Å². The van der Waals surface area contributed by atoms with Gasteiger partial charge in [0.2, 0.25) is 0 Å². The van der Waals surface area contributed by atoms with Crippen molar-refractivity contribution in [1.29, 1.82) is 0 Å². The normalized spacial score (nSPS) is 13.5. The highest BCUT2D eigenvalue weighted by molar-refractivity contribution is 6.33. The average molecular weight is 355 g/mol. The van der Waals surface area contributed by atoms with Crippen molar-refractivity contribution in [2.45, 2.75) is 25.7 Å². The molecule has 0 N–H and O–H groups in total. The van der Waals surface area contributed by atoms with Gasteiger partial charge in [0.05, 0.1) is 10.6 Å². The Morgan fingerprint density at radius 1 is 1.04 bits per heavy atom. The van der Waals surface area contributed by atoms with E-state index in [1.165, 1.54) is 6.07 Å². The van der Waals surface area contributed by atoms with Crippen LogP contribution in [0.4, 0.5) is 0 Å². The lowest BCUT2D eigenvalue weighted by molar-refractivity contribution is 0.0735. The van der Waals surface area contributed by atoms with Crippen molar-refractivity contribution < 1.29 is 13.9 Å². The summed E-state index contributed by atoms with van der Waals surface area (Å²) in [4.78, 5) is 24.4. The van der Waals surface area contributed by atoms with Crippen LogP contribution in [0.25, 0.3) is 11.0 Å². The van der Waals surface area contributed by atoms with Gasteiger partial charge < -0.3 is 9.15 Å². The zero-order valence-electron chi connectivity index (χ0n) is 13.4. The van der Waals surface area contributed by atoms with E-state index in [0.717, 1.165) is 42.2 Å². The number of benzene rings is 2. The Labute approximate surface area is 149 Å². The van der Waals surface area contributed by atoms with Crippen LogP contribution in [-0.2, 0) is 12.8 Å². The minimum Gasteiger partial charge on any atom is -0.422 e. The quantitative estimate of drug-likeness (QED) is 0.385. The lowest BCUT2D eigenvalue weighted by Crippen LogP contribution is -2.16. The molecule has 0 saturated carbocycles. The van der Waals surface area contributed by atoms with Crippen LogP contribution in [0.1, 0.15) is 34.3 Å². The van der Waals surface area contributed by atoms with Gasteiger partial charge in [0.15, 0.2) is 5.75 Å². The summed E-state index contributed by atoms with van der Waals surface area (Å²) in [7, 11) is 0. The van der Waals surface area contributed by atoms with Gasteiger partial charge >= 0.3 is 11.6 Å². The number of hydrogen-bond donors (Lipinski definition) is 0. The highest BCUT2D eigenvalue weighted by Crippen LogP contribution is 2.34. The molecule has 0 radical (unpaired) electrons. The molecule has 0 unspecified atom stereocenters. The Morgan fingerprint density at radius 2 is 1.76 bits per heavy atom. The first-order valence-electron chi connectivity index (χ1n) is 8.19. The molecule has 5 heteroatoms. The van der Waals surface area contributed by atoms with Crippen LogP contribution in [0.15, 0.2) is 51.7 Å². The third kappa shape index (κ3) is 2.94. The van der Waals surface area contributed by atoms with Crippen molar-refractivity contribution in [3.05, 3.63) is 74.6 Å². The maximum absolute atomic E-state index is 12.2. The summed E-state index contributed by atoms with van der Waals surface area (Å²) >= 11 is 6.32. The SMILES string of the molecule is O=C(Oc1cc2oc(=O)c3c(c2cc1Cl)CCCC3)c1ccccc1. The molecular formula is C20H15ClO4. The maximum atomic E-state index is 12.2. The first kappa shape index (κ1) is 15.9. The van der Waals surface area contributed by atoms with Gasteiger partial charge in [0.1, 0.15) is 5.58 Å². The predicted molar refractivity (Wildman–Crippen MR) is 95.5 cm³/mol. The molecule has 0 saturated heterocycles. The predicted octanol–water partition coefficient (Wildman–Crippen LogP) is 4.54. The van der Waals surface area contributed by atoms with Crippen molar-refractivity contribution in [1.82, 2.24) is 0 Å².